The van der Waals surface area contributed by atoms with Gasteiger partial charge in [-0.2, -0.15) is 26.3 Å². The summed E-state index contributed by atoms with van der Waals surface area (Å²) in [6.45, 7) is -0.378. The van der Waals surface area contributed by atoms with Crippen molar-refractivity contribution in [3.63, 3.8) is 0 Å². The van der Waals surface area contributed by atoms with E-state index < -0.39 is 58.1 Å². The number of aliphatic hydroxyl groups excluding tert-OH is 1. The number of hydrogen-bond acceptors (Lipinski definition) is 5. The molecule has 2 aliphatic rings. The molecule has 1 aliphatic heterocycles. The lowest BCUT2D eigenvalue weighted by molar-refractivity contribution is -0.143. The Hall–Kier alpha value is -3.33. The van der Waals surface area contributed by atoms with Crippen LogP contribution in [-0.4, -0.2) is 50.4 Å². The van der Waals surface area contributed by atoms with Gasteiger partial charge in [-0.25, -0.2) is 8.42 Å². The first kappa shape index (κ1) is 38.5. The molecule has 1 saturated carbocycles. The van der Waals surface area contributed by atoms with Gasteiger partial charge in [0.05, 0.1) is 34.7 Å². The molecule has 0 radical (unpaired) electrons. The number of sulfonamides is 1. The number of hydrogen-bond donors (Lipinski definition) is 3. The normalized spacial score (nSPS) is 17.8. The van der Waals surface area contributed by atoms with Gasteiger partial charge in [-0.05, 0) is 84.7 Å². The number of carbonyl (C=O) groups is 1. The Morgan fingerprint density at radius 1 is 0.878 bits per heavy atom. The minimum Gasteiger partial charge on any atom is -0.390 e. The SMILES string of the molecule is Cl.O=C(N[C@@H](Cc1ccccc1)[C@H](O)CNCc1cc(C(F)(F)F)cc(C(F)(F)F)c1)c1cc(C2CCCC2)cc(N2CCCS2(=O)=O)c1. The second-order valence-corrected chi connectivity index (χ2v) is 14.4. The fraction of sp³-hybridized carbons (Fsp3) is 0.441. The van der Waals surface area contributed by atoms with Crippen molar-refractivity contribution in [2.24, 2.45) is 0 Å². The smallest absolute Gasteiger partial charge is 0.390 e. The third-order valence-corrected chi connectivity index (χ3v) is 10.7. The van der Waals surface area contributed by atoms with E-state index in [0.29, 0.717) is 30.8 Å². The average molecular weight is 734 g/mol. The fourth-order valence-electron chi connectivity index (χ4n) is 6.37. The highest BCUT2D eigenvalue weighted by Gasteiger charge is 2.37. The minimum absolute atomic E-state index is 0. The van der Waals surface area contributed by atoms with E-state index in [-0.39, 0.29) is 54.2 Å². The van der Waals surface area contributed by atoms with Gasteiger partial charge < -0.3 is 15.7 Å². The number of alkyl halides is 6. The second kappa shape index (κ2) is 15.7. The third-order valence-electron chi connectivity index (χ3n) is 8.83. The van der Waals surface area contributed by atoms with Crippen LogP contribution in [0.15, 0.2) is 66.7 Å². The monoisotopic (exact) mass is 733 g/mol. The maximum atomic E-state index is 13.8. The maximum absolute atomic E-state index is 13.8. The summed E-state index contributed by atoms with van der Waals surface area (Å²) in [7, 11) is -3.53. The molecule has 15 heteroatoms. The summed E-state index contributed by atoms with van der Waals surface area (Å²) < 4.78 is 107. The van der Waals surface area contributed by atoms with Crippen LogP contribution in [0, 0.1) is 0 Å². The highest BCUT2D eigenvalue weighted by molar-refractivity contribution is 7.93. The number of benzene rings is 3. The number of amides is 1. The third kappa shape index (κ3) is 9.89. The summed E-state index contributed by atoms with van der Waals surface area (Å²) in [4.78, 5) is 13.8. The molecule has 1 amide bonds. The first-order chi connectivity index (χ1) is 22.6. The summed E-state index contributed by atoms with van der Waals surface area (Å²) in [6.07, 6.45) is -6.80. The fourth-order valence-corrected chi connectivity index (χ4v) is 7.91. The van der Waals surface area contributed by atoms with Gasteiger partial charge in [0.1, 0.15) is 0 Å². The van der Waals surface area contributed by atoms with E-state index in [1.807, 2.05) is 6.07 Å². The summed E-state index contributed by atoms with van der Waals surface area (Å²) in [5.41, 5.74) is -0.909. The van der Waals surface area contributed by atoms with Gasteiger partial charge >= 0.3 is 12.4 Å². The zero-order valence-electron chi connectivity index (χ0n) is 26.4. The Morgan fingerprint density at radius 2 is 1.51 bits per heavy atom. The number of rotatable bonds is 11. The van der Waals surface area contributed by atoms with E-state index in [9.17, 15) is 44.7 Å². The van der Waals surface area contributed by atoms with E-state index in [1.54, 1.807) is 36.4 Å². The van der Waals surface area contributed by atoms with Crippen LogP contribution in [0.3, 0.4) is 0 Å². The molecule has 5 rings (SSSR count). The quantitative estimate of drug-likeness (QED) is 0.188. The second-order valence-electron chi connectivity index (χ2n) is 12.4. The van der Waals surface area contributed by atoms with Crippen molar-refractivity contribution in [1.82, 2.24) is 10.6 Å². The summed E-state index contributed by atoms with van der Waals surface area (Å²) in [6, 6.07) is 14.4. The minimum atomic E-state index is -4.99. The molecule has 3 aromatic carbocycles. The molecule has 0 unspecified atom stereocenters. The Bertz CT molecular complexity index is 1670. The summed E-state index contributed by atoms with van der Waals surface area (Å²) in [5, 5.41) is 16.8. The molecule has 268 valence electrons. The number of nitrogens with zero attached hydrogens (tertiary/aromatic N) is 1. The van der Waals surface area contributed by atoms with Crippen molar-refractivity contribution < 1.29 is 44.7 Å². The van der Waals surface area contributed by atoms with Crippen LogP contribution in [0.4, 0.5) is 32.0 Å². The standard InChI is InChI=1S/C34H37F6N3O4S.ClH/c35-33(36,37)27-13-23(14-28(19-27)34(38,39)40)20-41-21-31(44)30(15-22-7-2-1-3-8-22)42-32(45)26-16-25(24-9-4-5-10-24)17-29(18-26)43-11-6-12-48(43,46)47;/h1-3,7-8,13-14,16-19,24,30-31,41,44H,4-6,9-12,15,20-21H2,(H,42,45);1H/t30-,31+;/m0./s1. The van der Waals surface area contributed by atoms with Gasteiger partial charge in [0.25, 0.3) is 5.91 Å². The molecule has 2 atom stereocenters. The lowest BCUT2D eigenvalue weighted by Crippen LogP contribution is -2.48. The molecule has 2 fully saturated rings. The zero-order chi connectivity index (χ0) is 34.7. The van der Waals surface area contributed by atoms with Gasteiger partial charge in [-0.1, -0.05) is 43.2 Å². The van der Waals surface area contributed by atoms with Gasteiger partial charge in [0.2, 0.25) is 10.0 Å². The van der Waals surface area contributed by atoms with Crippen LogP contribution in [0.25, 0.3) is 0 Å². The molecule has 0 aromatic heterocycles. The number of carbonyl (C=O) groups excluding carboxylic acids is 1. The van der Waals surface area contributed by atoms with E-state index in [1.165, 1.54) is 10.4 Å². The molecule has 7 nitrogen and oxygen atoms in total. The van der Waals surface area contributed by atoms with E-state index >= 15 is 0 Å². The Balaban J connectivity index is 0.00000541. The van der Waals surface area contributed by atoms with Gasteiger partial charge in [-0.15, -0.1) is 12.4 Å². The summed E-state index contributed by atoms with van der Waals surface area (Å²) >= 11 is 0. The van der Waals surface area contributed by atoms with Crippen molar-refractivity contribution in [1.29, 1.82) is 0 Å². The molecular weight excluding hydrogens is 696 g/mol. The molecule has 1 heterocycles. The predicted octanol–water partition coefficient (Wildman–Crippen LogP) is 6.84. The molecule has 0 bridgehead atoms. The van der Waals surface area contributed by atoms with Gasteiger partial charge in [0.15, 0.2) is 0 Å². The molecule has 1 saturated heterocycles. The number of nitrogens with one attached hydrogen (secondary N) is 2. The van der Waals surface area contributed by atoms with Crippen molar-refractivity contribution >= 4 is 34.0 Å². The average Bonchev–Trinajstić information content (AvgIpc) is 3.69. The predicted molar refractivity (Wildman–Crippen MR) is 176 cm³/mol. The Morgan fingerprint density at radius 3 is 2.08 bits per heavy atom. The number of aliphatic hydroxyl groups is 1. The van der Waals surface area contributed by atoms with Gasteiger partial charge in [0, 0.05) is 25.2 Å². The van der Waals surface area contributed by atoms with E-state index in [4.69, 9.17) is 0 Å². The lowest BCUT2D eigenvalue weighted by atomic mass is 9.94. The van der Waals surface area contributed by atoms with Gasteiger partial charge in [-0.3, -0.25) is 9.10 Å². The highest BCUT2D eigenvalue weighted by atomic mass is 35.5. The zero-order valence-corrected chi connectivity index (χ0v) is 28.0. The van der Waals surface area contributed by atoms with E-state index in [2.05, 4.69) is 10.6 Å². The van der Waals surface area contributed by atoms with Crippen LogP contribution in [-0.2, 0) is 35.3 Å². The molecule has 49 heavy (non-hydrogen) atoms. The van der Waals surface area contributed by atoms with E-state index in [0.717, 1.165) is 36.8 Å². The van der Waals surface area contributed by atoms with Crippen molar-refractivity contribution in [3.05, 3.63) is 100 Å². The van der Waals surface area contributed by atoms with Crippen molar-refractivity contribution in [3.8, 4) is 0 Å². The van der Waals surface area contributed by atoms with Crippen LogP contribution in [0.1, 0.15) is 76.2 Å². The highest BCUT2D eigenvalue weighted by Crippen LogP contribution is 2.38. The Labute approximate surface area is 287 Å². The molecule has 1 aliphatic carbocycles. The summed E-state index contributed by atoms with van der Waals surface area (Å²) in [5.74, 6) is -0.371. The first-order valence-electron chi connectivity index (χ1n) is 15.8. The maximum Gasteiger partial charge on any atom is 0.416 e. The van der Waals surface area contributed by atoms with Crippen molar-refractivity contribution in [2.45, 2.75) is 75.5 Å². The topological polar surface area (TPSA) is 98.7 Å². The molecular formula is C34H38ClF6N3O4S. The molecule has 3 aromatic rings. The number of halogens is 7. The van der Waals surface area contributed by atoms with Crippen LogP contribution >= 0.6 is 12.4 Å². The van der Waals surface area contributed by atoms with Crippen LogP contribution in [0.5, 0.6) is 0 Å². The Kier molecular flexibility index (Phi) is 12.3. The van der Waals surface area contributed by atoms with Crippen LogP contribution < -0.4 is 14.9 Å². The number of anilines is 1. The van der Waals surface area contributed by atoms with Crippen molar-refractivity contribution in [2.75, 3.05) is 23.1 Å². The molecule has 0 spiro atoms. The first-order valence-corrected chi connectivity index (χ1v) is 17.4. The van der Waals surface area contributed by atoms with Crippen LogP contribution in [0.2, 0.25) is 0 Å². The molecule has 3 N–H and O–H groups in total. The lowest BCUT2D eigenvalue weighted by Gasteiger charge is -2.26. The largest absolute Gasteiger partial charge is 0.416 e.